The fourth-order valence-electron chi connectivity index (χ4n) is 1.78. The molecule has 0 fully saturated rings. The van der Waals surface area contributed by atoms with E-state index in [9.17, 15) is 4.39 Å². The average molecular weight is 290 g/mol. The first-order valence-corrected chi connectivity index (χ1v) is 6.78. The van der Waals surface area contributed by atoms with Crippen LogP contribution in [0.2, 0.25) is 0 Å². The Morgan fingerprint density at radius 1 is 1.24 bits per heavy atom. The molecule has 21 heavy (non-hydrogen) atoms. The second-order valence-corrected chi connectivity index (χ2v) is 4.93. The maximum Gasteiger partial charge on any atom is 0.223 e. The number of aromatic nitrogens is 1. The lowest BCUT2D eigenvalue weighted by Crippen LogP contribution is -2.22. The molecule has 0 saturated carbocycles. The van der Waals surface area contributed by atoms with Gasteiger partial charge in [0.15, 0.2) is 0 Å². The highest BCUT2D eigenvalue weighted by Gasteiger charge is 2.09. The van der Waals surface area contributed by atoms with Gasteiger partial charge < -0.3 is 14.8 Å². The average Bonchev–Trinajstić information content (AvgIpc) is 2.47. The number of hydrogen-bond donors (Lipinski definition) is 1. The van der Waals surface area contributed by atoms with Crippen LogP contribution in [0.15, 0.2) is 36.5 Å². The molecule has 1 aromatic carbocycles. The van der Waals surface area contributed by atoms with Crippen molar-refractivity contribution in [2.75, 3.05) is 7.11 Å². The maximum atomic E-state index is 13.4. The number of methoxy groups -OCH3 is 1. The molecule has 0 aliphatic carbocycles. The number of rotatable bonds is 6. The van der Waals surface area contributed by atoms with Gasteiger partial charge in [-0.25, -0.2) is 9.37 Å². The third kappa shape index (κ3) is 4.43. The monoisotopic (exact) mass is 290 g/mol. The van der Waals surface area contributed by atoms with Crippen molar-refractivity contribution >= 4 is 0 Å². The second kappa shape index (κ2) is 7.04. The van der Waals surface area contributed by atoms with Crippen molar-refractivity contribution in [3.8, 4) is 17.4 Å². The highest BCUT2D eigenvalue weighted by molar-refractivity contribution is 5.37. The summed E-state index contributed by atoms with van der Waals surface area (Å²) in [6.45, 7) is 4.53. The molecule has 0 atom stereocenters. The molecule has 2 rings (SSSR count). The molecular formula is C16H19FN2O2. The minimum atomic E-state index is -0.381. The van der Waals surface area contributed by atoms with E-state index in [0.717, 1.165) is 6.20 Å². The molecule has 1 heterocycles. The minimum Gasteiger partial charge on any atom is -0.497 e. The van der Waals surface area contributed by atoms with Crippen LogP contribution < -0.4 is 14.8 Å². The van der Waals surface area contributed by atoms with Crippen LogP contribution in [0.3, 0.4) is 0 Å². The SMILES string of the molecule is COc1cccc(Oc2ncc(F)cc2CNC(C)C)c1. The molecule has 1 N–H and O–H groups in total. The lowest BCUT2D eigenvalue weighted by atomic mass is 10.2. The Hall–Kier alpha value is -2.14. The van der Waals surface area contributed by atoms with Gasteiger partial charge in [-0.15, -0.1) is 0 Å². The van der Waals surface area contributed by atoms with Crippen molar-refractivity contribution < 1.29 is 13.9 Å². The predicted octanol–water partition coefficient (Wildman–Crippen LogP) is 3.52. The van der Waals surface area contributed by atoms with Crippen LogP contribution in [0.4, 0.5) is 4.39 Å². The van der Waals surface area contributed by atoms with Crippen LogP contribution in [-0.4, -0.2) is 18.1 Å². The summed E-state index contributed by atoms with van der Waals surface area (Å²) in [5.74, 6) is 1.29. The topological polar surface area (TPSA) is 43.4 Å². The summed E-state index contributed by atoms with van der Waals surface area (Å²) in [4.78, 5) is 4.03. The predicted molar refractivity (Wildman–Crippen MR) is 79.2 cm³/mol. The number of nitrogens with one attached hydrogen (secondary N) is 1. The van der Waals surface area contributed by atoms with Crippen molar-refractivity contribution in [3.63, 3.8) is 0 Å². The zero-order valence-corrected chi connectivity index (χ0v) is 12.4. The summed E-state index contributed by atoms with van der Waals surface area (Å²) in [6, 6.07) is 8.92. The van der Waals surface area contributed by atoms with Gasteiger partial charge >= 0.3 is 0 Å². The summed E-state index contributed by atoms with van der Waals surface area (Å²) < 4.78 is 24.3. The van der Waals surface area contributed by atoms with Gasteiger partial charge in [0.2, 0.25) is 5.88 Å². The van der Waals surface area contributed by atoms with Gasteiger partial charge in [-0.05, 0) is 18.2 Å². The largest absolute Gasteiger partial charge is 0.497 e. The minimum absolute atomic E-state index is 0.290. The van der Waals surface area contributed by atoms with Crippen molar-refractivity contribution in [2.24, 2.45) is 0 Å². The van der Waals surface area contributed by atoms with Crippen LogP contribution in [0.5, 0.6) is 17.4 Å². The van der Waals surface area contributed by atoms with E-state index in [0.29, 0.717) is 29.5 Å². The van der Waals surface area contributed by atoms with Gasteiger partial charge in [-0.1, -0.05) is 19.9 Å². The van der Waals surface area contributed by atoms with E-state index in [2.05, 4.69) is 10.3 Å². The van der Waals surface area contributed by atoms with E-state index in [-0.39, 0.29) is 11.9 Å². The van der Waals surface area contributed by atoms with Gasteiger partial charge in [0, 0.05) is 24.2 Å². The molecule has 0 spiro atoms. The molecule has 0 unspecified atom stereocenters. The van der Waals surface area contributed by atoms with E-state index < -0.39 is 0 Å². The van der Waals surface area contributed by atoms with Crippen LogP contribution in [0.25, 0.3) is 0 Å². The maximum absolute atomic E-state index is 13.4. The van der Waals surface area contributed by atoms with Crippen molar-refractivity contribution in [1.29, 1.82) is 0 Å². The molecule has 0 aliphatic heterocycles. The molecule has 0 bridgehead atoms. The summed E-state index contributed by atoms with van der Waals surface area (Å²) in [6.07, 6.45) is 1.15. The summed E-state index contributed by atoms with van der Waals surface area (Å²) >= 11 is 0. The number of benzene rings is 1. The Kier molecular flexibility index (Phi) is 5.11. The highest BCUT2D eigenvalue weighted by atomic mass is 19.1. The first-order valence-electron chi connectivity index (χ1n) is 6.78. The van der Waals surface area contributed by atoms with Gasteiger partial charge in [-0.2, -0.15) is 0 Å². The molecular weight excluding hydrogens is 271 g/mol. The molecule has 4 nitrogen and oxygen atoms in total. The third-order valence-corrected chi connectivity index (χ3v) is 2.85. The van der Waals surface area contributed by atoms with Crippen LogP contribution >= 0.6 is 0 Å². The normalized spacial score (nSPS) is 10.7. The number of hydrogen-bond acceptors (Lipinski definition) is 4. The van der Waals surface area contributed by atoms with Gasteiger partial charge in [0.25, 0.3) is 0 Å². The highest BCUT2D eigenvalue weighted by Crippen LogP contribution is 2.26. The van der Waals surface area contributed by atoms with Gasteiger partial charge in [-0.3, -0.25) is 0 Å². The zero-order chi connectivity index (χ0) is 15.2. The first kappa shape index (κ1) is 15.3. The number of halogens is 1. The molecule has 0 amide bonds. The van der Waals surface area contributed by atoms with Gasteiger partial charge in [0.1, 0.15) is 17.3 Å². The Morgan fingerprint density at radius 3 is 2.71 bits per heavy atom. The lowest BCUT2D eigenvalue weighted by molar-refractivity contribution is 0.405. The molecule has 0 saturated heterocycles. The fraction of sp³-hybridized carbons (Fsp3) is 0.312. The molecule has 2 aromatic rings. The van der Waals surface area contributed by atoms with E-state index in [4.69, 9.17) is 9.47 Å². The smallest absolute Gasteiger partial charge is 0.223 e. The first-order chi connectivity index (χ1) is 10.1. The Bertz CT molecular complexity index is 603. The number of pyridine rings is 1. The Balaban J connectivity index is 2.21. The lowest BCUT2D eigenvalue weighted by Gasteiger charge is -2.13. The van der Waals surface area contributed by atoms with Crippen LogP contribution in [-0.2, 0) is 6.54 Å². The second-order valence-electron chi connectivity index (χ2n) is 4.93. The summed E-state index contributed by atoms with van der Waals surface area (Å²) in [7, 11) is 1.59. The van der Waals surface area contributed by atoms with E-state index >= 15 is 0 Å². The van der Waals surface area contributed by atoms with E-state index in [1.807, 2.05) is 26.0 Å². The van der Waals surface area contributed by atoms with Crippen LogP contribution in [0, 0.1) is 5.82 Å². The molecule has 112 valence electrons. The number of ether oxygens (including phenoxy) is 2. The Labute approximate surface area is 123 Å². The standard InChI is InChI=1S/C16H19FN2O2/c1-11(2)18-9-12-7-13(17)10-19-16(12)21-15-6-4-5-14(8-15)20-3/h4-8,10-11,18H,9H2,1-3H3. The molecule has 0 radical (unpaired) electrons. The van der Waals surface area contributed by atoms with Crippen molar-refractivity contribution in [1.82, 2.24) is 10.3 Å². The Morgan fingerprint density at radius 2 is 2.00 bits per heavy atom. The summed E-state index contributed by atoms with van der Waals surface area (Å²) in [5.41, 5.74) is 0.673. The third-order valence-electron chi connectivity index (χ3n) is 2.85. The number of nitrogens with zero attached hydrogens (tertiary/aromatic N) is 1. The molecule has 1 aromatic heterocycles. The quantitative estimate of drug-likeness (QED) is 0.884. The van der Waals surface area contributed by atoms with Crippen molar-refractivity contribution in [2.45, 2.75) is 26.4 Å². The molecule has 0 aliphatic rings. The zero-order valence-electron chi connectivity index (χ0n) is 12.4. The van der Waals surface area contributed by atoms with E-state index in [1.165, 1.54) is 6.07 Å². The van der Waals surface area contributed by atoms with E-state index in [1.54, 1.807) is 19.2 Å². The van der Waals surface area contributed by atoms with Crippen molar-refractivity contribution in [3.05, 3.63) is 47.9 Å². The van der Waals surface area contributed by atoms with Crippen LogP contribution in [0.1, 0.15) is 19.4 Å². The van der Waals surface area contributed by atoms with Gasteiger partial charge in [0.05, 0.1) is 13.3 Å². The fourth-order valence-corrected chi connectivity index (χ4v) is 1.78. The summed E-state index contributed by atoms with van der Waals surface area (Å²) in [5, 5.41) is 3.23. The molecule has 5 heteroatoms.